The first-order chi connectivity index (χ1) is 12.1. The van der Waals surface area contributed by atoms with Crippen LogP contribution in [0.15, 0.2) is 30.6 Å². The highest BCUT2D eigenvalue weighted by molar-refractivity contribution is 5.97. The molecule has 0 bridgehead atoms. The molecule has 2 heterocycles. The molecular formula is C18H23N5O2. The molecular weight excluding hydrogens is 318 g/mol. The van der Waals surface area contributed by atoms with Crippen LogP contribution in [0.5, 0.6) is 0 Å². The summed E-state index contributed by atoms with van der Waals surface area (Å²) in [7, 11) is 1.84. The van der Waals surface area contributed by atoms with Crippen LogP contribution in [0, 0.1) is 0 Å². The van der Waals surface area contributed by atoms with Gasteiger partial charge in [0.1, 0.15) is 0 Å². The number of hydrogen-bond acceptors (Lipinski definition) is 3. The number of nitrogens with one attached hydrogen (secondary N) is 2. The van der Waals surface area contributed by atoms with Crippen molar-refractivity contribution >= 4 is 23.3 Å². The van der Waals surface area contributed by atoms with E-state index >= 15 is 0 Å². The maximum Gasteiger partial charge on any atom is 0.319 e. The number of hydrogen-bond donors (Lipinski definition) is 2. The second kappa shape index (κ2) is 7.38. The van der Waals surface area contributed by atoms with Gasteiger partial charge in [-0.15, -0.1) is 0 Å². The normalized spacial score (nSPS) is 13.5. The minimum Gasteiger partial charge on any atom is -0.334 e. The number of amides is 3. The van der Waals surface area contributed by atoms with Crippen LogP contribution in [0.25, 0.3) is 0 Å². The van der Waals surface area contributed by atoms with Crippen LogP contribution >= 0.6 is 0 Å². The second-order valence-corrected chi connectivity index (χ2v) is 6.22. The smallest absolute Gasteiger partial charge is 0.319 e. The van der Waals surface area contributed by atoms with Gasteiger partial charge in [0.2, 0.25) is 5.91 Å². The molecule has 2 N–H and O–H groups in total. The zero-order chi connectivity index (χ0) is 17.8. The molecule has 1 aliphatic heterocycles. The van der Waals surface area contributed by atoms with Gasteiger partial charge in [0.25, 0.3) is 0 Å². The Balaban J connectivity index is 1.63. The van der Waals surface area contributed by atoms with Gasteiger partial charge in [0.05, 0.1) is 6.20 Å². The van der Waals surface area contributed by atoms with Crippen molar-refractivity contribution in [2.45, 2.75) is 32.7 Å². The Morgan fingerprint density at radius 1 is 1.32 bits per heavy atom. The summed E-state index contributed by atoms with van der Waals surface area (Å²) in [4.78, 5) is 26.0. The molecule has 3 rings (SSSR count). The number of rotatable bonds is 5. The largest absolute Gasteiger partial charge is 0.334 e. The van der Waals surface area contributed by atoms with Gasteiger partial charge < -0.3 is 15.5 Å². The van der Waals surface area contributed by atoms with Gasteiger partial charge in [0, 0.05) is 49.7 Å². The molecule has 0 fully saturated rings. The Labute approximate surface area is 147 Å². The van der Waals surface area contributed by atoms with Crippen molar-refractivity contribution in [2.75, 3.05) is 16.8 Å². The fourth-order valence-corrected chi connectivity index (χ4v) is 3.03. The molecule has 3 amide bonds. The van der Waals surface area contributed by atoms with Gasteiger partial charge >= 0.3 is 6.03 Å². The minimum atomic E-state index is -0.263. The third kappa shape index (κ3) is 3.99. The molecule has 0 radical (unpaired) electrons. The number of carbonyl (C=O) groups excluding carboxylic acids is 2. The summed E-state index contributed by atoms with van der Waals surface area (Å²) in [6, 6.07) is 5.44. The fraction of sp³-hybridized carbons (Fsp3) is 0.389. The lowest BCUT2D eigenvalue weighted by Crippen LogP contribution is -2.35. The van der Waals surface area contributed by atoms with Gasteiger partial charge in [-0.3, -0.25) is 9.48 Å². The first-order valence-electron chi connectivity index (χ1n) is 8.52. The highest BCUT2D eigenvalue weighted by atomic mass is 16.2. The highest BCUT2D eigenvalue weighted by Crippen LogP contribution is 2.30. The number of aromatic nitrogens is 2. The van der Waals surface area contributed by atoms with Gasteiger partial charge in [-0.1, -0.05) is 6.92 Å². The van der Waals surface area contributed by atoms with E-state index < -0.39 is 0 Å². The van der Waals surface area contributed by atoms with Crippen molar-refractivity contribution in [3.8, 4) is 0 Å². The number of nitrogens with zero attached hydrogens (tertiary/aromatic N) is 3. The zero-order valence-corrected chi connectivity index (χ0v) is 14.6. The lowest BCUT2D eigenvalue weighted by molar-refractivity contribution is -0.118. The number of urea groups is 1. The van der Waals surface area contributed by atoms with E-state index in [-0.39, 0.29) is 11.9 Å². The molecule has 0 spiro atoms. The van der Waals surface area contributed by atoms with Crippen LogP contribution in [0.4, 0.5) is 16.2 Å². The van der Waals surface area contributed by atoms with Crippen LogP contribution < -0.4 is 15.5 Å². The monoisotopic (exact) mass is 341 g/mol. The molecule has 7 heteroatoms. The molecule has 0 unspecified atom stereocenters. The molecule has 0 atom stereocenters. The molecule has 25 heavy (non-hydrogen) atoms. The summed E-state index contributed by atoms with van der Waals surface area (Å²) in [5.41, 5.74) is 3.72. The van der Waals surface area contributed by atoms with Crippen LogP contribution in [-0.4, -0.2) is 28.3 Å². The lowest BCUT2D eigenvalue weighted by Gasteiger charge is -2.29. The predicted molar refractivity (Wildman–Crippen MR) is 96.5 cm³/mol. The van der Waals surface area contributed by atoms with E-state index in [1.807, 2.05) is 36.3 Å². The Morgan fingerprint density at radius 2 is 2.16 bits per heavy atom. The van der Waals surface area contributed by atoms with Gasteiger partial charge in [-0.25, -0.2) is 4.79 Å². The highest BCUT2D eigenvalue weighted by Gasteiger charge is 2.23. The maximum absolute atomic E-state index is 12.1. The number of benzene rings is 1. The SMILES string of the molecule is CCCN1C(=O)CCc2cc(NC(=O)NCc3cnn(C)c3)ccc21. The van der Waals surface area contributed by atoms with Gasteiger partial charge in [-0.05, 0) is 36.6 Å². The molecule has 132 valence electrons. The number of aryl methyl sites for hydroxylation is 2. The van der Waals surface area contributed by atoms with E-state index in [0.717, 1.165) is 35.5 Å². The average molecular weight is 341 g/mol. The minimum absolute atomic E-state index is 0.171. The fourth-order valence-electron chi connectivity index (χ4n) is 3.03. The quantitative estimate of drug-likeness (QED) is 0.876. The Bertz CT molecular complexity index is 784. The van der Waals surface area contributed by atoms with E-state index in [4.69, 9.17) is 0 Å². The van der Waals surface area contributed by atoms with Crippen LogP contribution in [0.3, 0.4) is 0 Å². The molecule has 7 nitrogen and oxygen atoms in total. The third-order valence-corrected chi connectivity index (χ3v) is 4.20. The maximum atomic E-state index is 12.1. The third-order valence-electron chi connectivity index (χ3n) is 4.20. The summed E-state index contributed by atoms with van der Waals surface area (Å²) < 4.78 is 1.70. The van der Waals surface area contributed by atoms with Gasteiger partial charge in [0.15, 0.2) is 0 Å². The van der Waals surface area contributed by atoms with Crippen molar-refractivity contribution in [3.63, 3.8) is 0 Å². The summed E-state index contributed by atoms with van der Waals surface area (Å²) in [5, 5.41) is 9.72. The van der Waals surface area contributed by atoms with E-state index in [2.05, 4.69) is 22.7 Å². The number of carbonyl (C=O) groups is 2. The van der Waals surface area contributed by atoms with E-state index in [1.54, 1.807) is 10.9 Å². The summed E-state index contributed by atoms with van der Waals surface area (Å²) in [6.45, 7) is 3.21. The van der Waals surface area contributed by atoms with Crippen molar-refractivity contribution in [3.05, 3.63) is 41.7 Å². The topological polar surface area (TPSA) is 79.3 Å². The molecule has 2 aromatic rings. The zero-order valence-electron chi connectivity index (χ0n) is 14.6. The molecule has 0 saturated heterocycles. The van der Waals surface area contributed by atoms with Crippen LogP contribution in [0.1, 0.15) is 30.9 Å². The molecule has 1 aromatic carbocycles. The van der Waals surface area contributed by atoms with Crippen LogP contribution in [0.2, 0.25) is 0 Å². The molecule has 1 aliphatic rings. The van der Waals surface area contributed by atoms with Gasteiger partial charge in [-0.2, -0.15) is 5.10 Å². The first-order valence-corrected chi connectivity index (χ1v) is 8.52. The van der Waals surface area contributed by atoms with E-state index in [0.29, 0.717) is 19.4 Å². The Morgan fingerprint density at radius 3 is 2.88 bits per heavy atom. The lowest BCUT2D eigenvalue weighted by atomic mass is 10.00. The van der Waals surface area contributed by atoms with E-state index in [9.17, 15) is 9.59 Å². The summed E-state index contributed by atoms with van der Waals surface area (Å²) in [5.74, 6) is 0.171. The molecule has 0 aliphatic carbocycles. The van der Waals surface area contributed by atoms with E-state index in [1.165, 1.54) is 0 Å². The standard InChI is InChI=1S/C18H23N5O2/c1-3-8-23-16-6-5-15(9-14(16)4-7-17(23)24)21-18(25)19-10-13-11-20-22(2)12-13/h5-6,9,11-12H,3-4,7-8,10H2,1-2H3,(H2,19,21,25). The number of fused-ring (bicyclic) bond motifs is 1. The Hall–Kier alpha value is -2.83. The molecule has 1 aromatic heterocycles. The molecule has 0 saturated carbocycles. The second-order valence-electron chi connectivity index (χ2n) is 6.22. The van der Waals surface area contributed by atoms with Crippen molar-refractivity contribution in [2.24, 2.45) is 7.05 Å². The van der Waals surface area contributed by atoms with Crippen molar-refractivity contribution in [1.29, 1.82) is 0 Å². The van der Waals surface area contributed by atoms with Crippen molar-refractivity contribution in [1.82, 2.24) is 15.1 Å². The average Bonchev–Trinajstić information content (AvgIpc) is 3.01. The first kappa shape index (κ1) is 17.0. The van der Waals surface area contributed by atoms with Crippen LogP contribution in [-0.2, 0) is 24.8 Å². The summed E-state index contributed by atoms with van der Waals surface area (Å²) in [6.07, 6.45) is 5.73. The summed E-state index contributed by atoms with van der Waals surface area (Å²) >= 11 is 0. The van der Waals surface area contributed by atoms with Crippen molar-refractivity contribution < 1.29 is 9.59 Å². The Kier molecular flexibility index (Phi) is 5.02. The number of anilines is 2. The predicted octanol–water partition coefficient (Wildman–Crippen LogP) is 2.43.